The number of nitrogens with zero attached hydrogens (tertiary/aromatic N) is 3. The SMILES string of the molecule is CN(C)c1ncc(CNc2c(Cl)cc(Br)cc2Cl)n1C. The van der Waals surface area contributed by atoms with Gasteiger partial charge in [-0.2, -0.15) is 0 Å². The molecule has 20 heavy (non-hydrogen) atoms. The third kappa shape index (κ3) is 3.22. The predicted octanol–water partition coefficient (Wildman–Crippen LogP) is 4.17. The molecule has 0 atom stereocenters. The molecule has 0 aliphatic heterocycles. The molecule has 0 aliphatic carbocycles. The molecule has 0 fully saturated rings. The summed E-state index contributed by atoms with van der Waals surface area (Å²) in [6.07, 6.45) is 1.84. The van der Waals surface area contributed by atoms with Gasteiger partial charge in [0.25, 0.3) is 0 Å². The molecule has 0 aliphatic rings. The van der Waals surface area contributed by atoms with Gasteiger partial charge in [0, 0.05) is 25.6 Å². The number of benzene rings is 1. The van der Waals surface area contributed by atoms with Crippen molar-refractivity contribution in [3.05, 3.63) is 38.5 Å². The Labute approximate surface area is 136 Å². The average molecular weight is 378 g/mol. The Hall–Kier alpha value is -0.910. The number of rotatable bonds is 4. The van der Waals surface area contributed by atoms with Crippen LogP contribution < -0.4 is 10.2 Å². The lowest BCUT2D eigenvalue weighted by atomic mass is 10.3. The highest BCUT2D eigenvalue weighted by atomic mass is 79.9. The minimum absolute atomic E-state index is 0.583. The summed E-state index contributed by atoms with van der Waals surface area (Å²) in [5.41, 5.74) is 1.77. The van der Waals surface area contributed by atoms with Crippen LogP contribution in [0.1, 0.15) is 5.69 Å². The fraction of sp³-hybridized carbons (Fsp3) is 0.308. The van der Waals surface area contributed by atoms with Crippen LogP contribution >= 0.6 is 39.1 Å². The van der Waals surface area contributed by atoms with Gasteiger partial charge in [-0.25, -0.2) is 4.98 Å². The third-order valence-corrected chi connectivity index (χ3v) is 3.97. The van der Waals surface area contributed by atoms with E-state index in [1.807, 2.05) is 48.9 Å². The van der Waals surface area contributed by atoms with E-state index in [2.05, 4.69) is 26.2 Å². The summed E-state index contributed by atoms with van der Waals surface area (Å²) >= 11 is 15.7. The Kier molecular flexibility index (Phi) is 4.83. The molecule has 7 heteroatoms. The molecular formula is C13H15BrCl2N4. The van der Waals surface area contributed by atoms with Crippen molar-refractivity contribution in [3.8, 4) is 0 Å². The quantitative estimate of drug-likeness (QED) is 0.867. The molecule has 0 radical (unpaired) electrons. The van der Waals surface area contributed by atoms with Crippen LogP contribution in [-0.2, 0) is 13.6 Å². The van der Waals surface area contributed by atoms with E-state index in [1.54, 1.807) is 0 Å². The van der Waals surface area contributed by atoms with E-state index in [0.29, 0.717) is 16.6 Å². The highest BCUT2D eigenvalue weighted by Crippen LogP contribution is 2.34. The first-order valence-electron chi connectivity index (χ1n) is 5.96. The lowest BCUT2D eigenvalue weighted by molar-refractivity contribution is 0.814. The number of nitrogens with one attached hydrogen (secondary N) is 1. The molecule has 4 nitrogen and oxygen atoms in total. The minimum atomic E-state index is 0.583. The second-order valence-electron chi connectivity index (χ2n) is 4.60. The van der Waals surface area contributed by atoms with Crippen LogP contribution in [0.5, 0.6) is 0 Å². The van der Waals surface area contributed by atoms with E-state index in [9.17, 15) is 0 Å². The van der Waals surface area contributed by atoms with Crippen molar-refractivity contribution in [1.29, 1.82) is 0 Å². The van der Waals surface area contributed by atoms with Crippen LogP contribution in [0.25, 0.3) is 0 Å². The highest BCUT2D eigenvalue weighted by molar-refractivity contribution is 9.10. The standard InChI is InChI=1S/C13H15BrCl2N4/c1-19(2)13-18-7-9(20(13)3)6-17-12-10(15)4-8(14)5-11(12)16/h4-5,7,17H,6H2,1-3H3. The molecule has 0 amide bonds. The summed E-state index contributed by atoms with van der Waals surface area (Å²) in [6, 6.07) is 3.62. The monoisotopic (exact) mass is 376 g/mol. The molecule has 2 aromatic rings. The zero-order valence-corrected chi connectivity index (χ0v) is 14.5. The molecule has 1 aromatic heterocycles. The van der Waals surface area contributed by atoms with Crippen molar-refractivity contribution in [2.45, 2.75) is 6.54 Å². The summed E-state index contributed by atoms with van der Waals surface area (Å²) in [5.74, 6) is 0.898. The zero-order chi connectivity index (χ0) is 14.9. The van der Waals surface area contributed by atoms with Crippen molar-refractivity contribution < 1.29 is 0 Å². The molecule has 0 bridgehead atoms. The summed E-state index contributed by atoms with van der Waals surface area (Å²) < 4.78 is 2.88. The number of halogens is 3. The van der Waals surface area contributed by atoms with Crippen molar-refractivity contribution in [1.82, 2.24) is 9.55 Å². The largest absolute Gasteiger partial charge is 0.377 e. The van der Waals surface area contributed by atoms with E-state index in [4.69, 9.17) is 23.2 Å². The molecule has 2 rings (SSSR count). The average Bonchev–Trinajstić information content (AvgIpc) is 2.69. The maximum absolute atomic E-state index is 6.19. The van der Waals surface area contributed by atoms with E-state index in [-0.39, 0.29) is 0 Å². The van der Waals surface area contributed by atoms with E-state index in [0.717, 1.165) is 21.8 Å². The van der Waals surface area contributed by atoms with Gasteiger partial charge < -0.3 is 14.8 Å². The Morgan fingerprint density at radius 3 is 2.40 bits per heavy atom. The molecule has 0 saturated heterocycles. The summed E-state index contributed by atoms with van der Waals surface area (Å²) in [5, 5.41) is 4.42. The lowest BCUT2D eigenvalue weighted by Crippen LogP contribution is -2.15. The van der Waals surface area contributed by atoms with Crippen molar-refractivity contribution >= 4 is 50.8 Å². The number of aromatic nitrogens is 2. The van der Waals surface area contributed by atoms with E-state index < -0.39 is 0 Å². The predicted molar refractivity (Wildman–Crippen MR) is 89.0 cm³/mol. The Morgan fingerprint density at radius 1 is 1.30 bits per heavy atom. The van der Waals surface area contributed by atoms with Crippen LogP contribution in [-0.4, -0.2) is 23.6 Å². The topological polar surface area (TPSA) is 33.1 Å². The zero-order valence-electron chi connectivity index (χ0n) is 11.4. The molecule has 1 aromatic carbocycles. The second-order valence-corrected chi connectivity index (χ2v) is 6.33. The van der Waals surface area contributed by atoms with Crippen LogP contribution in [0, 0.1) is 0 Å². The van der Waals surface area contributed by atoms with Gasteiger partial charge in [-0.3, -0.25) is 0 Å². The van der Waals surface area contributed by atoms with Crippen molar-refractivity contribution in [2.24, 2.45) is 7.05 Å². The minimum Gasteiger partial charge on any atom is -0.377 e. The van der Waals surface area contributed by atoms with Gasteiger partial charge in [0.15, 0.2) is 0 Å². The maximum atomic E-state index is 6.19. The first-order valence-corrected chi connectivity index (χ1v) is 7.51. The van der Waals surface area contributed by atoms with Gasteiger partial charge in [0.05, 0.1) is 34.2 Å². The normalized spacial score (nSPS) is 10.7. The molecule has 1 N–H and O–H groups in total. The van der Waals surface area contributed by atoms with Crippen LogP contribution in [0.2, 0.25) is 10.0 Å². The number of hydrogen-bond donors (Lipinski definition) is 1. The summed E-state index contributed by atoms with van der Waals surface area (Å²) in [7, 11) is 5.90. The highest BCUT2D eigenvalue weighted by Gasteiger charge is 2.11. The molecule has 0 spiro atoms. The fourth-order valence-corrected chi connectivity index (χ4v) is 3.25. The number of anilines is 2. The van der Waals surface area contributed by atoms with E-state index in [1.165, 1.54) is 0 Å². The van der Waals surface area contributed by atoms with Gasteiger partial charge in [0.2, 0.25) is 5.95 Å². The summed E-state index contributed by atoms with van der Waals surface area (Å²) in [4.78, 5) is 6.32. The van der Waals surface area contributed by atoms with Crippen LogP contribution in [0.3, 0.4) is 0 Å². The molecule has 1 heterocycles. The van der Waals surface area contributed by atoms with Crippen LogP contribution in [0.4, 0.5) is 11.6 Å². The van der Waals surface area contributed by atoms with E-state index >= 15 is 0 Å². The molecular weight excluding hydrogens is 363 g/mol. The first-order chi connectivity index (χ1) is 9.40. The third-order valence-electron chi connectivity index (χ3n) is 2.91. The number of hydrogen-bond acceptors (Lipinski definition) is 3. The van der Waals surface area contributed by atoms with Gasteiger partial charge in [-0.05, 0) is 12.1 Å². The first kappa shape index (κ1) is 15.5. The smallest absolute Gasteiger partial charge is 0.204 e. The van der Waals surface area contributed by atoms with Gasteiger partial charge in [0.1, 0.15) is 0 Å². The Balaban J connectivity index is 2.17. The van der Waals surface area contributed by atoms with Crippen molar-refractivity contribution in [3.63, 3.8) is 0 Å². The maximum Gasteiger partial charge on any atom is 0.204 e. The van der Waals surface area contributed by atoms with Gasteiger partial charge >= 0.3 is 0 Å². The summed E-state index contributed by atoms with van der Waals surface area (Å²) in [6.45, 7) is 0.596. The Morgan fingerprint density at radius 2 is 1.90 bits per heavy atom. The van der Waals surface area contributed by atoms with Crippen LogP contribution in [0.15, 0.2) is 22.8 Å². The Bertz CT molecular complexity index is 602. The van der Waals surface area contributed by atoms with Gasteiger partial charge in [-0.1, -0.05) is 39.1 Å². The van der Waals surface area contributed by atoms with Crippen molar-refractivity contribution in [2.75, 3.05) is 24.3 Å². The number of imidazole rings is 1. The molecule has 0 saturated carbocycles. The molecule has 0 unspecified atom stereocenters. The van der Waals surface area contributed by atoms with Gasteiger partial charge in [-0.15, -0.1) is 0 Å². The molecule has 108 valence electrons. The second kappa shape index (κ2) is 6.24. The lowest BCUT2D eigenvalue weighted by Gasteiger charge is -2.14. The fourth-order valence-electron chi connectivity index (χ4n) is 1.90.